The van der Waals surface area contributed by atoms with Gasteiger partial charge in [0.1, 0.15) is 5.01 Å². The van der Waals surface area contributed by atoms with Crippen LogP contribution in [0.5, 0.6) is 5.88 Å². The highest BCUT2D eigenvalue weighted by atomic mass is 32.1. The van der Waals surface area contributed by atoms with Crippen LogP contribution in [-0.4, -0.2) is 21.6 Å². The first-order chi connectivity index (χ1) is 12.5. The third kappa shape index (κ3) is 2.97. The van der Waals surface area contributed by atoms with Crippen LogP contribution < -0.4 is 10.5 Å². The van der Waals surface area contributed by atoms with Gasteiger partial charge in [-0.05, 0) is 36.2 Å². The van der Waals surface area contributed by atoms with E-state index < -0.39 is 6.61 Å². The summed E-state index contributed by atoms with van der Waals surface area (Å²) in [4.78, 5) is 13.1. The summed E-state index contributed by atoms with van der Waals surface area (Å²) in [5.74, 6) is -0.209. The molecule has 2 aromatic heterocycles. The van der Waals surface area contributed by atoms with Crippen molar-refractivity contribution >= 4 is 32.6 Å². The number of benzene rings is 2. The summed E-state index contributed by atoms with van der Waals surface area (Å²) in [6.07, 6.45) is 1.20. The third-order valence-corrected chi connectivity index (χ3v) is 5.11. The van der Waals surface area contributed by atoms with Gasteiger partial charge in [-0.3, -0.25) is 0 Å². The average molecular weight is 372 g/mol. The molecule has 0 saturated heterocycles. The fraction of sp³-hybridized carbons (Fsp3) is 0.167. The smallest absolute Gasteiger partial charge is 0.388 e. The normalized spacial score (nSPS) is 11.6. The van der Waals surface area contributed by atoms with E-state index in [0.717, 1.165) is 31.9 Å². The molecule has 4 rings (SSSR count). The van der Waals surface area contributed by atoms with Crippen LogP contribution in [0.25, 0.3) is 31.8 Å². The van der Waals surface area contributed by atoms with Crippen molar-refractivity contribution in [2.45, 2.75) is 20.1 Å². The van der Waals surface area contributed by atoms with Gasteiger partial charge in [0.15, 0.2) is 0 Å². The molecule has 5 nitrogen and oxygen atoms in total. The number of aryl methyl sites for hydroxylation is 1. The summed E-state index contributed by atoms with van der Waals surface area (Å²) >= 11 is 1.53. The largest absolute Gasteiger partial charge is 0.415 e. The Morgan fingerprint density at radius 1 is 1.19 bits per heavy atom. The molecule has 0 atom stereocenters. The molecule has 0 aliphatic heterocycles. The van der Waals surface area contributed by atoms with Gasteiger partial charge in [-0.1, -0.05) is 12.1 Å². The van der Waals surface area contributed by atoms with Crippen LogP contribution in [0.2, 0.25) is 0 Å². The van der Waals surface area contributed by atoms with Crippen molar-refractivity contribution in [1.82, 2.24) is 15.0 Å². The van der Waals surface area contributed by atoms with Crippen LogP contribution >= 0.6 is 11.3 Å². The number of alkyl halides is 2. The summed E-state index contributed by atoms with van der Waals surface area (Å²) in [6.45, 7) is -0.601. The summed E-state index contributed by atoms with van der Waals surface area (Å²) in [6, 6.07) is 9.59. The SMILES string of the molecule is Cc1cc(-c2nc3cccc(CN)c3s2)c2ncc(OC(F)F)nc2c1. The molecule has 4 aromatic rings. The Morgan fingerprint density at radius 3 is 2.81 bits per heavy atom. The lowest BCUT2D eigenvalue weighted by Crippen LogP contribution is -2.04. The molecule has 0 unspecified atom stereocenters. The molecule has 0 spiro atoms. The second-order valence-corrected chi connectivity index (χ2v) is 6.75. The van der Waals surface area contributed by atoms with E-state index in [1.54, 1.807) is 6.07 Å². The first-order valence-corrected chi connectivity index (χ1v) is 8.68. The fourth-order valence-corrected chi connectivity index (χ4v) is 3.94. The Hall–Kier alpha value is -2.71. The second kappa shape index (κ2) is 6.54. The molecule has 2 aromatic carbocycles. The first kappa shape index (κ1) is 16.7. The van der Waals surface area contributed by atoms with Gasteiger partial charge in [0.25, 0.3) is 0 Å². The number of aromatic nitrogens is 3. The number of ether oxygens (including phenoxy) is 1. The summed E-state index contributed by atoms with van der Waals surface area (Å²) in [5.41, 5.74) is 10.5. The lowest BCUT2D eigenvalue weighted by Gasteiger charge is -2.07. The molecule has 2 heterocycles. The standard InChI is InChI=1S/C18H14F2N4OS/c1-9-5-11(15-13(6-9)23-14(8-22-15)25-18(19)20)17-24-12-4-2-3-10(7-21)16(12)26-17/h2-6,8,18H,7,21H2,1H3. The monoisotopic (exact) mass is 372 g/mol. The van der Waals surface area contributed by atoms with Crippen molar-refractivity contribution in [3.8, 4) is 16.5 Å². The molecule has 0 aliphatic carbocycles. The number of hydrogen-bond acceptors (Lipinski definition) is 6. The molecule has 0 bridgehead atoms. The Balaban J connectivity index is 1.91. The molecule has 0 fully saturated rings. The maximum absolute atomic E-state index is 12.4. The minimum Gasteiger partial charge on any atom is -0.415 e. The lowest BCUT2D eigenvalue weighted by molar-refractivity contribution is -0.0528. The van der Waals surface area contributed by atoms with E-state index in [9.17, 15) is 8.78 Å². The predicted octanol–water partition coefficient (Wildman–Crippen LogP) is 4.28. The van der Waals surface area contributed by atoms with Gasteiger partial charge in [-0.2, -0.15) is 8.78 Å². The number of halogens is 2. The van der Waals surface area contributed by atoms with Gasteiger partial charge >= 0.3 is 6.61 Å². The van der Waals surface area contributed by atoms with Gasteiger partial charge in [-0.25, -0.2) is 15.0 Å². The predicted molar refractivity (Wildman–Crippen MR) is 97.4 cm³/mol. The first-order valence-electron chi connectivity index (χ1n) is 7.86. The molecule has 0 radical (unpaired) electrons. The van der Waals surface area contributed by atoms with Crippen LogP contribution in [0.3, 0.4) is 0 Å². The van der Waals surface area contributed by atoms with Gasteiger partial charge in [-0.15, -0.1) is 11.3 Å². The summed E-state index contributed by atoms with van der Waals surface area (Å²) in [7, 11) is 0. The Labute approximate surface area is 151 Å². The number of fused-ring (bicyclic) bond motifs is 2. The van der Waals surface area contributed by atoms with E-state index in [0.29, 0.717) is 17.6 Å². The number of nitrogens with zero attached hydrogens (tertiary/aromatic N) is 3. The number of thiazole rings is 1. The highest BCUT2D eigenvalue weighted by Gasteiger charge is 2.15. The lowest BCUT2D eigenvalue weighted by atomic mass is 10.1. The van der Waals surface area contributed by atoms with Crippen LogP contribution in [0.1, 0.15) is 11.1 Å². The zero-order valence-electron chi connectivity index (χ0n) is 13.7. The Bertz CT molecular complexity index is 1110. The minimum absolute atomic E-state index is 0.209. The van der Waals surface area contributed by atoms with E-state index >= 15 is 0 Å². The molecule has 26 heavy (non-hydrogen) atoms. The molecule has 132 valence electrons. The zero-order chi connectivity index (χ0) is 18.3. The van der Waals surface area contributed by atoms with Crippen molar-refractivity contribution in [2.75, 3.05) is 0 Å². The number of nitrogens with two attached hydrogens (primary N) is 1. The second-order valence-electron chi connectivity index (χ2n) is 5.76. The maximum Gasteiger partial charge on any atom is 0.388 e. The molecule has 0 aliphatic rings. The summed E-state index contributed by atoms with van der Waals surface area (Å²) < 4.78 is 30.2. The van der Waals surface area contributed by atoms with Gasteiger partial charge < -0.3 is 10.5 Å². The van der Waals surface area contributed by atoms with Crippen molar-refractivity contribution in [2.24, 2.45) is 5.73 Å². The summed E-state index contributed by atoms with van der Waals surface area (Å²) in [5, 5.41) is 0.784. The zero-order valence-corrected chi connectivity index (χ0v) is 14.6. The van der Waals surface area contributed by atoms with Crippen molar-refractivity contribution in [3.63, 3.8) is 0 Å². The van der Waals surface area contributed by atoms with Crippen LogP contribution in [0.4, 0.5) is 8.78 Å². The topological polar surface area (TPSA) is 73.9 Å². The number of rotatable bonds is 4. The molecule has 8 heteroatoms. The highest BCUT2D eigenvalue weighted by Crippen LogP contribution is 2.36. The molecule has 0 amide bonds. The van der Waals surface area contributed by atoms with E-state index in [1.165, 1.54) is 17.5 Å². The van der Waals surface area contributed by atoms with E-state index in [2.05, 4.69) is 14.7 Å². The quantitative estimate of drug-likeness (QED) is 0.579. The average Bonchev–Trinajstić information content (AvgIpc) is 3.04. The fourth-order valence-electron chi connectivity index (χ4n) is 2.84. The molecule has 0 saturated carbocycles. The minimum atomic E-state index is -2.94. The van der Waals surface area contributed by atoms with E-state index in [1.807, 2.05) is 31.2 Å². The van der Waals surface area contributed by atoms with Crippen LogP contribution in [0, 0.1) is 6.92 Å². The third-order valence-electron chi connectivity index (χ3n) is 3.93. The number of hydrogen-bond donors (Lipinski definition) is 1. The molecular formula is C18H14F2N4OS. The molecular weight excluding hydrogens is 358 g/mol. The van der Waals surface area contributed by atoms with Crippen LogP contribution in [0.15, 0.2) is 36.5 Å². The molecule has 2 N–H and O–H groups in total. The van der Waals surface area contributed by atoms with Gasteiger partial charge in [0.2, 0.25) is 5.88 Å². The van der Waals surface area contributed by atoms with E-state index in [-0.39, 0.29) is 5.88 Å². The van der Waals surface area contributed by atoms with Crippen molar-refractivity contribution in [3.05, 3.63) is 47.7 Å². The Morgan fingerprint density at radius 2 is 2.04 bits per heavy atom. The van der Waals surface area contributed by atoms with Crippen LogP contribution in [-0.2, 0) is 6.54 Å². The van der Waals surface area contributed by atoms with Crippen molar-refractivity contribution < 1.29 is 13.5 Å². The van der Waals surface area contributed by atoms with Crippen molar-refractivity contribution in [1.29, 1.82) is 0 Å². The van der Waals surface area contributed by atoms with Gasteiger partial charge in [0, 0.05) is 12.1 Å². The highest BCUT2D eigenvalue weighted by molar-refractivity contribution is 7.22. The van der Waals surface area contributed by atoms with Gasteiger partial charge in [0.05, 0.1) is 27.4 Å². The Kier molecular flexibility index (Phi) is 4.21. The van der Waals surface area contributed by atoms with E-state index in [4.69, 9.17) is 10.7 Å². The maximum atomic E-state index is 12.4.